The van der Waals surface area contributed by atoms with E-state index in [1.807, 2.05) is 6.07 Å². The highest BCUT2D eigenvalue weighted by atomic mass is 19.1. The van der Waals surface area contributed by atoms with Gasteiger partial charge in [0.1, 0.15) is 23.5 Å². The Morgan fingerprint density at radius 2 is 2.14 bits per heavy atom. The van der Waals surface area contributed by atoms with Crippen molar-refractivity contribution < 1.29 is 14.3 Å². The first-order chi connectivity index (χ1) is 10.1. The van der Waals surface area contributed by atoms with E-state index >= 15 is 0 Å². The van der Waals surface area contributed by atoms with Gasteiger partial charge in [0.25, 0.3) is 0 Å². The lowest BCUT2D eigenvalue weighted by molar-refractivity contribution is -0.138. The third-order valence-electron chi connectivity index (χ3n) is 4.75. The number of nitriles is 1. The summed E-state index contributed by atoms with van der Waals surface area (Å²) in [6.45, 7) is 0. The van der Waals surface area contributed by atoms with Crippen LogP contribution < -0.4 is 4.90 Å². The van der Waals surface area contributed by atoms with Crippen LogP contribution in [-0.4, -0.2) is 23.2 Å². The molecule has 1 aliphatic heterocycles. The van der Waals surface area contributed by atoms with Crippen LogP contribution >= 0.6 is 0 Å². The lowest BCUT2D eigenvalue weighted by atomic mass is 9.84. The number of aliphatic carboxylic acids is 1. The zero-order valence-electron chi connectivity index (χ0n) is 11.6. The number of benzene rings is 1. The Morgan fingerprint density at radius 1 is 1.38 bits per heavy atom. The molecule has 1 N–H and O–H groups in total. The fraction of sp³-hybridized carbons (Fsp3) is 0.500. The van der Waals surface area contributed by atoms with Gasteiger partial charge in [-0.25, -0.2) is 9.18 Å². The third kappa shape index (κ3) is 2.25. The van der Waals surface area contributed by atoms with Crippen molar-refractivity contribution in [2.24, 2.45) is 5.92 Å². The molecule has 4 nitrogen and oxygen atoms in total. The molecule has 0 radical (unpaired) electrons. The Kier molecular flexibility index (Phi) is 3.54. The second-order valence-corrected chi connectivity index (χ2v) is 5.85. The number of rotatable bonds is 2. The lowest BCUT2D eigenvalue weighted by Crippen LogP contribution is -2.43. The maximum absolute atomic E-state index is 13.9. The molecule has 1 aromatic carbocycles. The molecule has 110 valence electrons. The first-order valence-electron chi connectivity index (χ1n) is 7.33. The van der Waals surface area contributed by atoms with Crippen LogP contribution in [0.3, 0.4) is 0 Å². The molecule has 0 bridgehead atoms. The number of halogens is 1. The van der Waals surface area contributed by atoms with E-state index in [-0.39, 0.29) is 11.6 Å². The van der Waals surface area contributed by atoms with Gasteiger partial charge in [-0.3, -0.25) is 0 Å². The highest BCUT2D eigenvalue weighted by Crippen LogP contribution is 2.43. The Morgan fingerprint density at radius 3 is 2.86 bits per heavy atom. The van der Waals surface area contributed by atoms with Gasteiger partial charge in [-0.05, 0) is 37.3 Å². The molecule has 3 rings (SSSR count). The molecule has 3 atom stereocenters. The number of nitrogens with zero attached hydrogens (tertiary/aromatic N) is 2. The Bertz CT molecular complexity index is 611. The van der Waals surface area contributed by atoms with E-state index in [1.165, 1.54) is 6.07 Å². The third-order valence-corrected chi connectivity index (χ3v) is 4.75. The number of carboxylic acids is 1. The highest BCUT2D eigenvalue weighted by molar-refractivity contribution is 5.80. The van der Waals surface area contributed by atoms with E-state index in [1.54, 1.807) is 17.0 Å². The smallest absolute Gasteiger partial charge is 0.326 e. The maximum atomic E-state index is 13.9. The minimum atomic E-state index is -0.891. The fourth-order valence-electron chi connectivity index (χ4n) is 3.87. The van der Waals surface area contributed by atoms with Crippen LogP contribution in [0.2, 0.25) is 0 Å². The molecule has 2 fully saturated rings. The minimum Gasteiger partial charge on any atom is -0.480 e. The summed E-state index contributed by atoms with van der Waals surface area (Å²) in [5.74, 6) is -1.15. The number of carbonyl (C=O) groups is 1. The van der Waals surface area contributed by atoms with Gasteiger partial charge in [0.05, 0.1) is 5.69 Å². The maximum Gasteiger partial charge on any atom is 0.326 e. The molecule has 1 saturated carbocycles. The number of hydrogen-bond donors (Lipinski definition) is 1. The van der Waals surface area contributed by atoms with Gasteiger partial charge in [-0.1, -0.05) is 18.9 Å². The van der Waals surface area contributed by atoms with Crippen molar-refractivity contribution in [1.29, 1.82) is 5.26 Å². The number of hydrogen-bond acceptors (Lipinski definition) is 3. The summed E-state index contributed by atoms with van der Waals surface area (Å²) in [5.41, 5.74) is 0.384. The topological polar surface area (TPSA) is 64.3 Å². The predicted molar refractivity (Wildman–Crippen MR) is 75.4 cm³/mol. The average molecular weight is 288 g/mol. The second-order valence-electron chi connectivity index (χ2n) is 5.85. The molecule has 1 saturated heterocycles. The molecule has 1 aliphatic carbocycles. The summed E-state index contributed by atoms with van der Waals surface area (Å²) in [7, 11) is 0. The summed E-state index contributed by atoms with van der Waals surface area (Å²) in [6.07, 6.45) is 4.69. The van der Waals surface area contributed by atoms with Crippen molar-refractivity contribution in [2.75, 3.05) is 4.90 Å². The zero-order valence-corrected chi connectivity index (χ0v) is 11.6. The van der Waals surface area contributed by atoms with Crippen molar-refractivity contribution in [1.82, 2.24) is 0 Å². The van der Waals surface area contributed by atoms with Crippen molar-refractivity contribution in [3.63, 3.8) is 0 Å². The zero-order chi connectivity index (χ0) is 15.0. The van der Waals surface area contributed by atoms with Gasteiger partial charge < -0.3 is 10.0 Å². The van der Waals surface area contributed by atoms with Crippen LogP contribution in [0.25, 0.3) is 0 Å². The molecular formula is C16H17FN2O2. The van der Waals surface area contributed by atoms with E-state index in [2.05, 4.69) is 0 Å². The standard InChI is InChI=1S/C16H17FN2O2/c17-12-5-3-7-14(11(12)9-18)19-13-6-2-1-4-10(13)8-15(19)16(20)21/h3,5,7,10,13,15H,1-2,4,6,8H2,(H,20,21). The summed E-state index contributed by atoms with van der Waals surface area (Å²) in [4.78, 5) is 13.4. The first-order valence-corrected chi connectivity index (χ1v) is 7.33. The first kappa shape index (κ1) is 13.9. The van der Waals surface area contributed by atoms with Crippen molar-refractivity contribution >= 4 is 11.7 Å². The SMILES string of the molecule is N#Cc1c(F)cccc1N1C(C(=O)O)CC2CCCCC21. The Hall–Kier alpha value is -2.09. The quantitative estimate of drug-likeness (QED) is 0.908. The monoisotopic (exact) mass is 288 g/mol. The molecule has 1 aromatic rings. The van der Waals surface area contributed by atoms with Crippen molar-refractivity contribution in [3.8, 4) is 6.07 Å². The molecule has 0 amide bonds. The van der Waals surface area contributed by atoms with Crippen LogP contribution in [0.5, 0.6) is 0 Å². The van der Waals surface area contributed by atoms with Crippen LogP contribution in [0.15, 0.2) is 18.2 Å². The molecule has 1 heterocycles. The van der Waals surface area contributed by atoms with Gasteiger partial charge in [0.2, 0.25) is 0 Å². The molecule has 0 spiro atoms. The second kappa shape index (κ2) is 5.36. The van der Waals surface area contributed by atoms with Gasteiger partial charge >= 0.3 is 5.97 Å². The van der Waals surface area contributed by atoms with E-state index in [4.69, 9.17) is 0 Å². The Labute approximate surface area is 122 Å². The van der Waals surface area contributed by atoms with Crippen LogP contribution in [0.1, 0.15) is 37.7 Å². The van der Waals surface area contributed by atoms with Crippen LogP contribution in [0, 0.1) is 23.1 Å². The summed E-state index contributed by atoms with van der Waals surface area (Å²) >= 11 is 0. The van der Waals surface area contributed by atoms with E-state index in [0.29, 0.717) is 18.0 Å². The minimum absolute atomic E-state index is 0.0463. The summed E-state index contributed by atoms with van der Waals surface area (Å²) in [6, 6.07) is 5.78. The van der Waals surface area contributed by atoms with Gasteiger partial charge in [0, 0.05) is 6.04 Å². The van der Waals surface area contributed by atoms with E-state index < -0.39 is 17.8 Å². The van der Waals surface area contributed by atoms with Crippen LogP contribution in [0.4, 0.5) is 10.1 Å². The molecule has 5 heteroatoms. The Balaban J connectivity index is 2.07. The number of anilines is 1. The van der Waals surface area contributed by atoms with Gasteiger partial charge in [-0.15, -0.1) is 0 Å². The van der Waals surface area contributed by atoms with Crippen LogP contribution in [-0.2, 0) is 4.79 Å². The van der Waals surface area contributed by atoms with Gasteiger partial charge in [0.15, 0.2) is 0 Å². The molecule has 2 aliphatic rings. The van der Waals surface area contributed by atoms with Gasteiger partial charge in [-0.2, -0.15) is 5.26 Å². The predicted octanol–water partition coefficient (Wildman–Crippen LogP) is 2.92. The summed E-state index contributed by atoms with van der Waals surface area (Å²) < 4.78 is 13.9. The highest BCUT2D eigenvalue weighted by Gasteiger charge is 2.46. The summed E-state index contributed by atoms with van der Waals surface area (Å²) in [5, 5.41) is 18.7. The molecule has 21 heavy (non-hydrogen) atoms. The fourth-order valence-corrected chi connectivity index (χ4v) is 3.87. The van der Waals surface area contributed by atoms with E-state index in [9.17, 15) is 19.6 Å². The lowest BCUT2D eigenvalue weighted by Gasteiger charge is -2.35. The largest absolute Gasteiger partial charge is 0.480 e. The van der Waals surface area contributed by atoms with E-state index in [0.717, 1.165) is 25.7 Å². The van der Waals surface area contributed by atoms with Crippen molar-refractivity contribution in [3.05, 3.63) is 29.6 Å². The number of carboxylic acid groups (broad SMARTS) is 1. The molecule has 0 aromatic heterocycles. The average Bonchev–Trinajstić information content (AvgIpc) is 2.86. The molecule has 3 unspecified atom stereocenters. The number of fused-ring (bicyclic) bond motifs is 1. The molecular weight excluding hydrogens is 271 g/mol. The van der Waals surface area contributed by atoms with Crippen molar-refractivity contribution in [2.45, 2.75) is 44.2 Å². The normalized spacial score (nSPS) is 28.0.